The molecule has 0 bridgehead atoms. The maximum Gasteiger partial charge on any atom is 0.273 e. The molecule has 21 heavy (non-hydrogen) atoms. The Kier molecular flexibility index (Phi) is 4.96. The molecule has 1 aromatic heterocycles. The first-order valence-electron chi connectivity index (χ1n) is 7.27. The highest BCUT2D eigenvalue weighted by molar-refractivity contribution is 7.13. The van der Waals surface area contributed by atoms with Crippen molar-refractivity contribution in [1.82, 2.24) is 9.27 Å². The predicted molar refractivity (Wildman–Crippen MR) is 88.7 cm³/mol. The molecule has 1 amide bonds. The zero-order valence-corrected chi connectivity index (χ0v) is 13.9. The summed E-state index contributed by atoms with van der Waals surface area (Å²) in [7, 11) is 1.82. The molecule has 0 saturated heterocycles. The summed E-state index contributed by atoms with van der Waals surface area (Å²) < 4.78 is 5.39. The van der Waals surface area contributed by atoms with Gasteiger partial charge in [0.25, 0.3) is 5.91 Å². The van der Waals surface area contributed by atoms with Crippen molar-refractivity contribution in [2.45, 2.75) is 33.2 Å². The summed E-state index contributed by atoms with van der Waals surface area (Å²) in [5.74, 6) is 0.402. The number of benzene rings is 1. The van der Waals surface area contributed by atoms with Gasteiger partial charge in [0.15, 0.2) is 0 Å². The highest BCUT2D eigenvalue weighted by Gasteiger charge is 2.19. The highest BCUT2D eigenvalue weighted by atomic mass is 32.1. The van der Waals surface area contributed by atoms with Gasteiger partial charge in [-0.15, -0.1) is 0 Å². The number of hydrogen-bond donors (Lipinski definition) is 1. The fraction of sp³-hybridized carbons (Fsp3) is 0.500. The van der Waals surface area contributed by atoms with Crippen LogP contribution in [-0.2, 0) is 0 Å². The number of aryl methyl sites for hydroxylation is 1. The fourth-order valence-corrected chi connectivity index (χ4v) is 2.91. The average molecular weight is 305 g/mol. The second kappa shape index (κ2) is 6.54. The number of nitrogens with zero attached hydrogens (tertiary/aromatic N) is 2. The Morgan fingerprint density at radius 1 is 1.43 bits per heavy atom. The Bertz CT molecular complexity index is 635. The third-order valence-corrected chi connectivity index (χ3v) is 4.66. The van der Waals surface area contributed by atoms with Crippen molar-refractivity contribution < 1.29 is 4.79 Å². The molecule has 0 aliphatic carbocycles. The lowest BCUT2D eigenvalue weighted by atomic mass is 10.0. The number of hydrogen-bond acceptors (Lipinski definition) is 4. The normalized spacial score (nSPS) is 12.9. The van der Waals surface area contributed by atoms with Crippen LogP contribution in [0.15, 0.2) is 18.2 Å². The first-order valence-corrected chi connectivity index (χ1v) is 8.04. The third-order valence-electron chi connectivity index (χ3n) is 3.83. The number of carbonyl (C=O) groups excluding carboxylic acids is 1. The summed E-state index contributed by atoms with van der Waals surface area (Å²) in [6.45, 7) is 6.88. The third kappa shape index (κ3) is 3.60. The van der Waals surface area contributed by atoms with Crippen LogP contribution in [-0.4, -0.2) is 34.8 Å². The summed E-state index contributed by atoms with van der Waals surface area (Å²) in [6, 6.07) is 6.21. The molecule has 0 unspecified atom stereocenters. The standard InChI is InChI=1S/C16H23N3OS/c1-10(2)13(17)7-8-19(4)16(20)15-12-9-11(3)5-6-14(12)21-18-15/h5-6,9-10,13H,7-8,17H2,1-4H3/t13-/m0/s1. The van der Waals surface area contributed by atoms with Crippen LogP contribution in [0.3, 0.4) is 0 Å². The van der Waals surface area contributed by atoms with Gasteiger partial charge in [-0.05, 0) is 42.9 Å². The van der Waals surface area contributed by atoms with Gasteiger partial charge >= 0.3 is 0 Å². The van der Waals surface area contributed by atoms with Gasteiger partial charge in [-0.25, -0.2) is 0 Å². The molecule has 0 aliphatic rings. The molecule has 5 heteroatoms. The summed E-state index contributed by atoms with van der Waals surface area (Å²) in [5.41, 5.74) is 7.74. The highest BCUT2D eigenvalue weighted by Crippen LogP contribution is 2.24. The van der Waals surface area contributed by atoms with Crippen LogP contribution in [0.25, 0.3) is 10.1 Å². The van der Waals surface area contributed by atoms with Crippen molar-refractivity contribution in [3.8, 4) is 0 Å². The zero-order valence-electron chi connectivity index (χ0n) is 13.1. The minimum atomic E-state index is -0.0252. The maximum atomic E-state index is 12.5. The molecule has 0 aliphatic heterocycles. The molecule has 2 rings (SSSR count). The molecule has 1 heterocycles. The van der Waals surface area contributed by atoms with E-state index in [0.29, 0.717) is 18.2 Å². The lowest BCUT2D eigenvalue weighted by Gasteiger charge is -2.21. The lowest BCUT2D eigenvalue weighted by Crippen LogP contribution is -2.34. The number of aromatic nitrogens is 1. The average Bonchev–Trinajstić information content (AvgIpc) is 2.86. The smallest absolute Gasteiger partial charge is 0.273 e. The molecule has 0 saturated carbocycles. The van der Waals surface area contributed by atoms with Crippen molar-refractivity contribution in [2.75, 3.05) is 13.6 Å². The molecular weight excluding hydrogens is 282 g/mol. The topological polar surface area (TPSA) is 59.2 Å². The van der Waals surface area contributed by atoms with E-state index >= 15 is 0 Å². The summed E-state index contributed by atoms with van der Waals surface area (Å²) in [6.07, 6.45) is 0.807. The van der Waals surface area contributed by atoms with Gasteiger partial charge in [0.1, 0.15) is 5.69 Å². The van der Waals surface area contributed by atoms with Crippen molar-refractivity contribution in [3.05, 3.63) is 29.5 Å². The minimum absolute atomic E-state index is 0.0252. The minimum Gasteiger partial charge on any atom is -0.340 e. The number of amides is 1. The van der Waals surface area contributed by atoms with Crippen LogP contribution in [0.2, 0.25) is 0 Å². The number of nitrogens with two attached hydrogens (primary N) is 1. The largest absolute Gasteiger partial charge is 0.340 e. The molecule has 0 spiro atoms. The lowest BCUT2D eigenvalue weighted by molar-refractivity contribution is 0.0786. The van der Waals surface area contributed by atoms with E-state index in [1.807, 2.05) is 32.2 Å². The van der Waals surface area contributed by atoms with Gasteiger partial charge in [0.05, 0.1) is 4.70 Å². The Balaban J connectivity index is 2.12. The van der Waals surface area contributed by atoms with E-state index in [4.69, 9.17) is 5.73 Å². The van der Waals surface area contributed by atoms with Crippen LogP contribution < -0.4 is 5.73 Å². The summed E-state index contributed by atoms with van der Waals surface area (Å²) in [5, 5.41) is 0.949. The summed E-state index contributed by atoms with van der Waals surface area (Å²) >= 11 is 1.38. The predicted octanol–water partition coefficient (Wildman–Crippen LogP) is 3.05. The van der Waals surface area contributed by atoms with Crippen LogP contribution in [0, 0.1) is 12.8 Å². The number of carbonyl (C=O) groups is 1. The first kappa shape index (κ1) is 15.9. The Labute approximate surface area is 130 Å². The van der Waals surface area contributed by atoms with E-state index in [0.717, 1.165) is 22.1 Å². The maximum absolute atomic E-state index is 12.5. The van der Waals surface area contributed by atoms with Gasteiger partial charge in [0, 0.05) is 25.0 Å². The van der Waals surface area contributed by atoms with Crippen LogP contribution in [0.4, 0.5) is 0 Å². The van der Waals surface area contributed by atoms with Crippen molar-refractivity contribution in [1.29, 1.82) is 0 Å². The molecule has 114 valence electrons. The van der Waals surface area contributed by atoms with Crippen molar-refractivity contribution in [3.63, 3.8) is 0 Å². The van der Waals surface area contributed by atoms with E-state index in [-0.39, 0.29) is 11.9 Å². The van der Waals surface area contributed by atoms with Crippen molar-refractivity contribution in [2.24, 2.45) is 11.7 Å². The second-order valence-electron chi connectivity index (χ2n) is 5.95. The quantitative estimate of drug-likeness (QED) is 0.923. The second-order valence-corrected chi connectivity index (χ2v) is 6.76. The number of rotatable bonds is 5. The van der Waals surface area contributed by atoms with Crippen LogP contribution >= 0.6 is 11.5 Å². The summed E-state index contributed by atoms with van der Waals surface area (Å²) in [4.78, 5) is 14.3. The molecule has 1 aromatic carbocycles. The molecule has 2 N–H and O–H groups in total. The van der Waals surface area contributed by atoms with Crippen LogP contribution in [0.1, 0.15) is 36.3 Å². The Hall–Kier alpha value is -1.46. The van der Waals surface area contributed by atoms with E-state index < -0.39 is 0 Å². The van der Waals surface area contributed by atoms with E-state index in [1.165, 1.54) is 11.5 Å². The van der Waals surface area contributed by atoms with Gasteiger partial charge in [-0.3, -0.25) is 4.79 Å². The Morgan fingerprint density at radius 3 is 2.81 bits per heavy atom. The van der Waals surface area contributed by atoms with Gasteiger partial charge in [-0.2, -0.15) is 4.37 Å². The molecule has 1 atom stereocenters. The van der Waals surface area contributed by atoms with E-state index in [2.05, 4.69) is 18.2 Å². The van der Waals surface area contributed by atoms with E-state index in [9.17, 15) is 4.79 Å². The SMILES string of the molecule is Cc1ccc2snc(C(=O)N(C)CC[C@H](N)C(C)C)c2c1. The fourth-order valence-electron chi connectivity index (χ4n) is 2.17. The van der Waals surface area contributed by atoms with E-state index in [1.54, 1.807) is 4.90 Å². The molecule has 2 aromatic rings. The van der Waals surface area contributed by atoms with Gasteiger partial charge < -0.3 is 10.6 Å². The number of fused-ring (bicyclic) bond motifs is 1. The van der Waals surface area contributed by atoms with Crippen LogP contribution in [0.5, 0.6) is 0 Å². The molecular formula is C16H23N3OS. The van der Waals surface area contributed by atoms with Gasteiger partial charge in [-0.1, -0.05) is 25.5 Å². The zero-order chi connectivity index (χ0) is 15.6. The monoisotopic (exact) mass is 305 g/mol. The molecule has 0 radical (unpaired) electrons. The van der Waals surface area contributed by atoms with Crippen molar-refractivity contribution >= 4 is 27.5 Å². The molecule has 4 nitrogen and oxygen atoms in total. The first-order chi connectivity index (χ1) is 9.90. The Morgan fingerprint density at radius 2 is 2.14 bits per heavy atom. The molecule has 0 fully saturated rings. The van der Waals surface area contributed by atoms with Gasteiger partial charge in [0.2, 0.25) is 0 Å².